The second-order valence-corrected chi connectivity index (χ2v) is 2.32. The third-order valence-corrected chi connectivity index (χ3v) is 1.16. The molecule has 0 aromatic heterocycles. The molecule has 1 radical (unpaired) electrons. The van der Waals surface area contributed by atoms with Gasteiger partial charge < -0.3 is 27.8 Å². The van der Waals surface area contributed by atoms with E-state index in [9.17, 15) is 9.59 Å². The topological polar surface area (TPSA) is 102 Å². The molecule has 1 atom stereocenters. The fraction of sp³-hybridized carbons (Fsp3) is 0.571. The van der Waals surface area contributed by atoms with E-state index < -0.39 is 18.1 Å². The summed E-state index contributed by atoms with van der Waals surface area (Å²) in [6.07, 6.45) is -0.210. The second kappa shape index (κ2) is 9.36. The molecule has 0 bridgehead atoms. The van der Waals surface area contributed by atoms with Gasteiger partial charge in [0.2, 0.25) is 0 Å². The summed E-state index contributed by atoms with van der Waals surface area (Å²) in [5.74, 6) is -1.17. The molecule has 0 unspecified atom stereocenters. The van der Waals surface area contributed by atoms with Gasteiger partial charge in [-0.3, -0.25) is 4.79 Å². The van der Waals surface area contributed by atoms with Crippen molar-refractivity contribution in [2.45, 2.75) is 12.5 Å². The molecule has 0 aromatic carbocycles. The van der Waals surface area contributed by atoms with Gasteiger partial charge in [-0.15, -0.1) is 6.42 Å². The number of carbonyl (C=O) groups excluding carboxylic acids is 1. The van der Waals surface area contributed by atoms with Crippen LogP contribution in [0.25, 0.3) is 0 Å². The Morgan fingerprint density at radius 2 is 2.14 bits per heavy atom. The zero-order valence-corrected chi connectivity index (χ0v) is 10.6. The molecule has 0 fully saturated rings. The first-order valence-electron chi connectivity index (χ1n) is 3.76. The van der Waals surface area contributed by atoms with Crippen LogP contribution in [0.5, 0.6) is 0 Å². The van der Waals surface area contributed by atoms with E-state index in [1.165, 1.54) is 0 Å². The predicted octanol–water partition coefficient (Wildman–Crippen LogP) is -0.654. The molecule has 0 aromatic rings. The normalized spacial score (nSPS) is 11.0. The summed E-state index contributed by atoms with van der Waals surface area (Å²) < 4.78 is 4.56. The molecule has 0 aliphatic heterocycles. The van der Waals surface area contributed by atoms with Crippen molar-refractivity contribution in [3.05, 3.63) is 6.92 Å². The second-order valence-electron chi connectivity index (χ2n) is 2.32. The first kappa shape index (κ1) is 16.2. The van der Waals surface area contributed by atoms with Crippen LogP contribution in [0.3, 0.4) is 0 Å². The standard InChI is InChI=1S/C7H13N2O4.Y/c1-2-3-13-7(12)9-4-5(8)6(10)11;/h5H,1-4,8H2,(H,9,12)(H,10,11);/q-1;/t5-;/m0./s1. The Morgan fingerprint density at radius 1 is 1.57 bits per heavy atom. The van der Waals surface area contributed by atoms with Crippen LogP contribution in [0.1, 0.15) is 6.42 Å². The SMILES string of the molecule is [CH2-]CCOC(=O)NC[C@H](N)C(=O)O.[Y]. The van der Waals surface area contributed by atoms with Gasteiger partial charge in [-0.05, 0) is 0 Å². The van der Waals surface area contributed by atoms with E-state index in [0.29, 0.717) is 6.42 Å². The number of alkyl carbamates (subject to hydrolysis) is 1. The number of carbonyl (C=O) groups is 2. The first-order chi connectivity index (χ1) is 6.07. The number of hydrogen-bond acceptors (Lipinski definition) is 4. The van der Waals surface area contributed by atoms with Crippen molar-refractivity contribution in [2.75, 3.05) is 13.2 Å². The minimum atomic E-state index is -1.17. The Bertz CT molecular complexity index is 189. The molecule has 0 spiro atoms. The molecule has 0 rings (SSSR count). The van der Waals surface area contributed by atoms with Gasteiger partial charge in [0.1, 0.15) is 6.04 Å². The fourth-order valence-corrected chi connectivity index (χ4v) is 0.496. The van der Waals surface area contributed by atoms with Crippen LogP contribution >= 0.6 is 0 Å². The molecule has 0 aliphatic rings. The Hall–Kier alpha value is -0.196. The van der Waals surface area contributed by atoms with Crippen LogP contribution in [-0.4, -0.2) is 36.4 Å². The minimum Gasteiger partial charge on any atom is -0.480 e. The average Bonchev–Trinajstić information content (AvgIpc) is 2.10. The van der Waals surface area contributed by atoms with E-state index in [0.717, 1.165) is 0 Å². The van der Waals surface area contributed by atoms with Crippen molar-refractivity contribution in [1.82, 2.24) is 5.32 Å². The van der Waals surface area contributed by atoms with E-state index in [-0.39, 0.29) is 45.9 Å². The number of rotatable bonds is 5. The van der Waals surface area contributed by atoms with Gasteiger partial charge in [0.25, 0.3) is 0 Å². The van der Waals surface area contributed by atoms with Crippen LogP contribution in [0.4, 0.5) is 4.79 Å². The Kier molecular flexibility index (Phi) is 10.9. The zero-order valence-electron chi connectivity index (χ0n) is 7.73. The van der Waals surface area contributed by atoms with Gasteiger partial charge in [-0.1, -0.05) is 0 Å². The number of carboxylic acids is 1. The van der Waals surface area contributed by atoms with Crippen LogP contribution < -0.4 is 11.1 Å². The average molecular weight is 278 g/mol. The van der Waals surface area contributed by atoms with Gasteiger partial charge in [0.15, 0.2) is 0 Å². The minimum absolute atomic E-state index is 0. The summed E-state index contributed by atoms with van der Waals surface area (Å²) in [7, 11) is 0. The molecule has 0 saturated heterocycles. The third-order valence-electron chi connectivity index (χ3n) is 1.16. The molecular formula is C7H13N2O4Y-. The van der Waals surface area contributed by atoms with E-state index in [1.54, 1.807) is 0 Å². The summed E-state index contributed by atoms with van der Waals surface area (Å²) in [6.45, 7) is 3.51. The van der Waals surface area contributed by atoms with Crippen molar-refractivity contribution >= 4 is 12.1 Å². The van der Waals surface area contributed by atoms with E-state index >= 15 is 0 Å². The summed E-state index contributed by atoms with van der Waals surface area (Å²) in [5, 5.41) is 10.5. The molecule has 0 saturated carbocycles. The summed E-state index contributed by atoms with van der Waals surface area (Å²) in [4.78, 5) is 20.9. The van der Waals surface area contributed by atoms with Crippen molar-refractivity contribution in [3.8, 4) is 0 Å². The van der Waals surface area contributed by atoms with Crippen LogP contribution in [0.2, 0.25) is 0 Å². The maximum atomic E-state index is 10.7. The third kappa shape index (κ3) is 8.40. The predicted molar refractivity (Wildman–Crippen MR) is 44.9 cm³/mol. The van der Waals surface area contributed by atoms with Crippen molar-refractivity contribution in [3.63, 3.8) is 0 Å². The molecule has 0 heterocycles. The number of ether oxygens (including phenoxy) is 1. The van der Waals surface area contributed by atoms with Crippen LogP contribution in [-0.2, 0) is 42.2 Å². The smallest absolute Gasteiger partial charge is 0.407 e. The number of nitrogens with one attached hydrogen (secondary N) is 1. The molecule has 1 amide bonds. The van der Waals surface area contributed by atoms with Crippen LogP contribution in [0.15, 0.2) is 0 Å². The zero-order chi connectivity index (χ0) is 10.3. The molecule has 4 N–H and O–H groups in total. The Morgan fingerprint density at radius 3 is 2.57 bits per heavy atom. The summed E-state index contributed by atoms with van der Waals surface area (Å²) >= 11 is 0. The number of aliphatic carboxylic acids is 1. The number of nitrogens with two attached hydrogens (primary N) is 1. The van der Waals surface area contributed by atoms with Crippen molar-refractivity contribution in [1.29, 1.82) is 0 Å². The van der Waals surface area contributed by atoms with Gasteiger partial charge in [0.05, 0.1) is 6.61 Å². The molecular weight excluding hydrogens is 265 g/mol. The quantitative estimate of drug-likeness (QED) is 0.580. The number of carboxylic acid groups (broad SMARTS) is 1. The maximum absolute atomic E-state index is 10.7. The van der Waals surface area contributed by atoms with Gasteiger partial charge in [0, 0.05) is 39.3 Å². The Labute approximate surface area is 107 Å². The summed E-state index contributed by atoms with van der Waals surface area (Å²) in [6, 6.07) is -1.10. The monoisotopic (exact) mass is 278 g/mol. The molecule has 14 heavy (non-hydrogen) atoms. The van der Waals surface area contributed by atoms with Crippen molar-refractivity contribution in [2.24, 2.45) is 5.73 Å². The summed E-state index contributed by atoms with van der Waals surface area (Å²) in [5.41, 5.74) is 5.11. The van der Waals surface area contributed by atoms with Gasteiger partial charge in [-0.25, -0.2) is 4.79 Å². The largest absolute Gasteiger partial charge is 0.480 e. The number of hydrogen-bond donors (Lipinski definition) is 3. The first-order valence-corrected chi connectivity index (χ1v) is 3.76. The maximum Gasteiger partial charge on any atom is 0.407 e. The van der Waals surface area contributed by atoms with Gasteiger partial charge >= 0.3 is 12.1 Å². The Balaban J connectivity index is 0. The molecule has 0 aliphatic carbocycles. The van der Waals surface area contributed by atoms with E-state index in [1.807, 2.05) is 0 Å². The van der Waals surface area contributed by atoms with E-state index in [2.05, 4.69) is 17.0 Å². The molecule has 79 valence electrons. The molecule has 7 heteroatoms. The van der Waals surface area contributed by atoms with E-state index in [4.69, 9.17) is 10.8 Å². The van der Waals surface area contributed by atoms with Crippen molar-refractivity contribution < 1.29 is 52.1 Å². The molecule has 6 nitrogen and oxygen atoms in total. The van der Waals surface area contributed by atoms with Crippen LogP contribution in [0, 0.1) is 6.92 Å². The number of amides is 1. The van der Waals surface area contributed by atoms with Gasteiger partial charge in [-0.2, -0.15) is 0 Å². The fourth-order valence-electron chi connectivity index (χ4n) is 0.496.